The minimum Gasteiger partial charge on any atom is -0.460 e. The van der Waals surface area contributed by atoms with Gasteiger partial charge in [-0.05, 0) is 48.7 Å². The van der Waals surface area contributed by atoms with Gasteiger partial charge in [-0.3, -0.25) is 14.6 Å². The number of piperazine rings is 1. The van der Waals surface area contributed by atoms with Crippen molar-refractivity contribution in [3.63, 3.8) is 0 Å². The highest BCUT2D eigenvalue weighted by atomic mass is 16.3. The lowest BCUT2D eigenvalue weighted by Crippen LogP contribution is -2.52. The van der Waals surface area contributed by atoms with Crippen molar-refractivity contribution in [2.45, 2.75) is 25.8 Å². The molecular weight excluding hydrogens is 416 g/mol. The number of carbonyl (C=O) groups excluding carboxylic acids is 2. The SMILES string of the molecule is O=C1CCCN1c1ccc2c(c1)CCN2C(=O)N1CCN(Cc2cc3ccccc3o2)CC1. The predicted molar refractivity (Wildman–Crippen MR) is 128 cm³/mol. The third-order valence-electron chi connectivity index (χ3n) is 7.07. The summed E-state index contributed by atoms with van der Waals surface area (Å²) in [5.74, 6) is 1.16. The highest BCUT2D eigenvalue weighted by Gasteiger charge is 2.31. The Balaban J connectivity index is 1.08. The molecule has 170 valence electrons. The van der Waals surface area contributed by atoms with Gasteiger partial charge in [-0.25, -0.2) is 4.79 Å². The van der Waals surface area contributed by atoms with E-state index < -0.39 is 0 Å². The van der Waals surface area contributed by atoms with Crippen LogP contribution in [0.3, 0.4) is 0 Å². The van der Waals surface area contributed by atoms with E-state index in [0.29, 0.717) is 26.1 Å². The molecule has 3 amide bonds. The number of nitrogens with zero attached hydrogens (tertiary/aromatic N) is 4. The maximum absolute atomic E-state index is 13.3. The third-order valence-corrected chi connectivity index (χ3v) is 7.07. The van der Waals surface area contributed by atoms with Gasteiger partial charge in [0.1, 0.15) is 11.3 Å². The van der Waals surface area contributed by atoms with Crippen molar-refractivity contribution in [3.8, 4) is 0 Å². The van der Waals surface area contributed by atoms with Crippen molar-refractivity contribution in [2.24, 2.45) is 0 Å². The van der Waals surface area contributed by atoms with Gasteiger partial charge in [-0.15, -0.1) is 0 Å². The number of fused-ring (bicyclic) bond motifs is 2. The molecule has 0 saturated carbocycles. The van der Waals surface area contributed by atoms with Crippen LogP contribution in [0, 0.1) is 0 Å². The Morgan fingerprint density at radius 2 is 1.76 bits per heavy atom. The largest absolute Gasteiger partial charge is 0.460 e. The molecule has 3 aliphatic rings. The quantitative estimate of drug-likeness (QED) is 0.616. The molecule has 0 aliphatic carbocycles. The maximum atomic E-state index is 13.3. The highest BCUT2D eigenvalue weighted by Crippen LogP contribution is 2.34. The lowest BCUT2D eigenvalue weighted by atomic mass is 10.1. The Kier molecular flexibility index (Phi) is 5.06. The third kappa shape index (κ3) is 3.76. The summed E-state index contributed by atoms with van der Waals surface area (Å²) in [5.41, 5.74) is 4.03. The number of furan rings is 1. The Labute approximate surface area is 193 Å². The van der Waals surface area contributed by atoms with E-state index in [1.165, 1.54) is 0 Å². The van der Waals surface area contributed by atoms with E-state index in [0.717, 1.165) is 72.7 Å². The molecule has 0 bridgehead atoms. The van der Waals surface area contributed by atoms with Crippen molar-refractivity contribution in [1.29, 1.82) is 0 Å². The monoisotopic (exact) mass is 444 g/mol. The molecule has 6 rings (SSSR count). The van der Waals surface area contributed by atoms with Gasteiger partial charge in [-0.1, -0.05) is 18.2 Å². The average molecular weight is 445 g/mol. The number of amides is 3. The first-order valence-electron chi connectivity index (χ1n) is 11.9. The summed E-state index contributed by atoms with van der Waals surface area (Å²) in [4.78, 5) is 33.5. The average Bonchev–Trinajstić information content (AvgIpc) is 3.56. The van der Waals surface area contributed by atoms with Crippen LogP contribution in [-0.4, -0.2) is 61.0 Å². The molecule has 0 spiro atoms. The van der Waals surface area contributed by atoms with Crippen molar-refractivity contribution < 1.29 is 14.0 Å². The van der Waals surface area contributed by atoms with Crippen LogP contribution in [-0.2, 0) is 17.8 Å². The minimum atomic E-state index is 0.0853. The smallest absolute Gasteiger partial charge is 0.324 e. The molecule has 2 aromatic carbocycles. The Bertz CT molecular complexity index is 1180. The van der Waals surface area contributed by atoms with Gasteiger partial charge < -0.3 is 14.2 Å². The van der Waals surface area contributed by atoms with Crippen LogP contribution in [0.2, 0.25) is 0 Å². The summed E-state index contributed by atoms with van der Waals surface area (Å²) in [5, 5.41) is 1.13. The zero-order chi connectivity index (χ0) is 22.4. The Morgan fingerprint density at radius 3 is 2.55 bits per heavy atom. The number of urea groups is 1. The van der Waals surface area contributed by atoms with E-state index in [2.05, 4.69) is 23.1 Å². The van der Waals surface area contributed by atoms with E-state index >= 15 is 0 Å². The fourth-order valence-electron chi connectivity index (χ4n) is 5.28. The van der Waals surface area contributed by atoms with Gasteiger partial charge in [0, 0.05) is 62.5 Å². The fourth-order valence-corrected chi connectivity index (χ4v) is 5.28. The molecule has 7 nitrogen and oxygen atoms in total. The summed E-state index contributed by atoms with van der Waals surface area (Å²) in [6.07, 6.45) is 2.38. The molecule has 2 saturated heterocycles. The summed E-state index contributed by atoms with van der Waals surface area (Å²) in [7, 11) is 0. The first-order valence-corrected chi connectivity index (χ1v) is 11.9. The second-order valence-corrected chi connectivity index (χ2v) is 9.16. The van der Waals surface area contributed by atoms with Gasteiger partial charge in [0.2, 0.25) is 5.91 Å². The summed E-state index contributed by atoms with van der Waals surface area (Å²) < 4.78 is 5.96. The highest BCUT2D eigenvalue weighted by molar-refractivity contribution is 5.97. The van der Waals surface area contributed by atoms with Crippen LogP contribution in [0.15, 0.2) is 52.9 Å². The zero-order valence-electron chi connectivity index (χ0n) is 18.7. The van der Waals surface area contributed by atoms with E-state index in [-0.39, 0.29) is 11.9 Å². The molecule has 3 aliphatic heterocycles. The van der Waals surface area contributed by atoms with E-state index in [9.17, 15) is 9.59 Å². The van der Waals surface area contributed by atoms with Gasteiger partial charge in [0.15, 0.2) is 0 Å². The van der Waals surface area contributed by atoms with Gasteiger partial charge in [0.25, 0.3) is 0 Å². The second kappa shape index (κ2) is 8.23. The van der Waals surface area contributed by atoms with Crippen molar-refractivity contribution in [2.75, 3.05) is 49.1 Å². The van der Waals surface area contributed by atoms with E-state index in [1.807, 2.05) is 45.0 Å². The summed E-state index contributed by atoms with van der Waals surface area (Å²) >= 11 is 0. The Hall–Kier alpha value is -3.32. The molecule has 0 atom stereocenters. The van der Waals surface area contributed by atoms with Gasteiger partial charge in [0.05, 0.1) is 6.54 Å². The second-order valence-electron chi connectivity index (χ2n) is 9.16. The van der Waals surface area contributed by atoms with Gasteiger partial charge >= 0.3 is 6.03 Å². The molecule has 0 radical (unpaired) electrons. The number of benzene rings is 2. The Morgan fingerprint density at radius 1 is 0.909 bits per heavy atom. The lowest BCUT2D eigenvalue weighted by molar-refractivity contribution is -0.117. The number of hydrogen-bond acceptors (Lipinski definition) is 4. The van der Waals surface area contributed by atoms with Gasteiger partial charge in [-0.2, -0.15) is 0 Å². The normalized spacial score (nSPS) is 19.0. The molecule has 1 aromatic heterocycles. The fraction of sp³-hybridized carbons (Fsp3) is 0.385. The van der Waals surface area contributed by atoms with Crippen LogP contribution in [0.25, 0.3) is 11.0 Å². The number of carbonyl (C=O) groups is 2. The van der Waals surface area contributed by atoms with Crippen molar-refractivity contribution >= 4 is 34.3 Å². The lowest BCUT2D eigenvalue weighted by Gasteiger charge is -2.36. The standard InChI is InChI=1S/C26H28N4O3/c31-25-6-3-10-29(25)21-7-8-23-19(16-21)9-11-30(23)26(32)28-14-12-27(13-15-28)18-22-17-20-4-1-2-5-24(20)33-22/h1-2,4-5,7-8,16-17H,3,6,9-15,18H2. The zero-order valence-corrected chi connectivity index (χ0v) is 18.7. The number of rotatable bonds is 3. The van der Waals surface area contributed by atoms with Crippen LogP contribution < -0.4 is 9.80 Å². The van der Waals surface area contributed by atoms with Crippen LogP contribution in [0.4, 0.5) is 16.2 Å². The van der Waals surface area contributed by atoms with Crippen LogP contribution in [0.1, 0.15) is 24.2 Å². The van der Waals surface area contributed by atoms with Crippen LogP contribution in [0.5, 0.6) is 0 Å². The summed E-state index contributed by atoms with van der Waals surface area (Å²) in [6.45, 7) is 5.35. The maximum Gasteiger partial charge on any atom is 0.324 e. The molecule has 4 heterocycles. The van der Waals surface area contributed by atoms with Crippen LogP contribution >= 0.6 is 0 Å². The number of para-hydroxylation sites is 1. The molecule has 33 heavy (non-hydrogen) atoms. The molecule has 0 N–H and O–H groups in total. The van der Waals surface area contributed by atoms with E-state index in [4.69, 9.17) is 4.42 Å². The first kappa shape index (κ1) is 20.3. The molecule has 7 heteroatoms. The molecule has 3 aromatic rings. The van der Waals surface area contributed by atoms with Crippen molar-refractivity contribution in [1.82, 2.24) is 9.80 Å². The topological polar surface area (TPSA) is 60.2 Å². The summed E-state index contributed by atoms with van der Waals surface area (Å²) in [6, 6.07) is 16.4. The van der Waals surface area contributed by atoms with Crippen molar-refractivity contribution in [3.05, 3.63) is 59.9 Å². The van der Waals surface area contributed by atoms with E-state index in [1.54, 1.807) is 0 Å². The molecule has 2 fully saturated rings. The number of hydrogen-bond donors (Lipinski definition) is 0. The minimum absolute atomic E-state index is 0.0853. The molecular formula is C26H28N4O3. The first-order chi connectivity index (χ1) is 16.2. The number of anilines is 2. The predicted octanol–water partition coefficient (Wildman–Crippen LogP) is 3.86. The molecule has 0 unspecified atom stereocenters.